The first-order valence-corrected chi connectivity index (χ1v) is 6.34. The molecule has 2 heterocycles. The number of halogens is 1. The zero-order valence-corrected chi connectivity index (χ0v) is 11.3. The highest BCUT2D eigenvalue weighted by Gasteiger charge is 2.16. The van der Waals surface area contributed by atoms with Gasteiger partial charge in [0, 0.05) is 16.2 Å². The molecule has 0 fully saturated rings. The third-order valence-corrected chi connectivity index (χ3v) is 3.09. The summed E-state index contributed by atoms with van der Waals surface area (Å²) in [5.41, 5.74) is 0.492. The molecule has 19 heavy (non-hydrogen) atoms. The zero-order valence-electron chi connectivity index (χ0n) is 9.72. The quantitative estimate of drug-likeness (QED) is 0.924. The van der Waals surface area contributed by atoms with Crippen LogP contribution >= 0.6 is 15.9 Å². The molecule has 0 unspecified atom stereocenters. The van der Waals surface area contributed by atoms with Gasteiger partial charge in [-0.2, -0.15) is 0 Å². The monoisotopic (exact) mass is 320 g/mol. The lowest BCUT2D eigenvalue weighted by molar-refractivity contribution is 0.102. The van der Waals surface area contributed by atoms with Crippen molar-refractivity contribution in [2.45, 2.75) is 0 Å². The molecule has 0 aliphatic carbocycles. The summed E-state index contributed by atoms with van der Waals surface area (Å²) in [7, 11) is 0. The van der Waals surface area contributed by atoms with E-state index in [-0.39, 0.29) is 12.7 Å². The number of ether oxygens (including phenoxy) is 2. The third kappa shape index (κ3) is 2.53. The fourth-order valence-corrected chi connectivity index (χ4v) is 2.03. The number of rotatable bonds is 2. The molecule has 0 saturated heterocycles. The zero-order chi connectivity index (χ0) is 13.2. The Hall–Kier alpha value is -2.08. The summed E-state index contributed by atoms with van der Waals surface area (Å²) >= 11 is 3.32. The molecule has 0 spiro atoms. The predicted octanol–water partition coefficient (Wildman–Crippen LogP) is 2.83. The number of amides is 1. The van der Waals surface area contributed by atoms with Crippen LogP contribution in [-0.2, 0) is 0 Å². The molecule has 6 heteroatoms. The number of nitrogens with one attached hydrogen (secondary N) is 1. The van der Waals surface area contributed by atoms with Crippen molar-refractivity contribution in [3.05, 3.63) is 46.6 Å². The Morgan fingerprint density at radius 3 is 2.89 bits per heavy atom. The van der Waals surface area contributed by atoms with Crippen molar-refractivity contribution in [2.24, 2.45) is 0 Å². The van der Waals surface area contributed by atoms with Gasteiger partial charge in [0.1, 0.15) is 5.82 Å². The summed E-state index contributed by atoms with van der Waals surface area (Å²) < 4.78 is 11.3. The van der Waals surface area contributed by atoms with Gasteiger partial charge < -0.3 is 14.8 Å². The standard InChI is InChI=1S/C13H9BrN2O3/c14-9-3-4-15-12(6-9)16-13(17)8-1-2-10-11(5-8)19-7-18-10/h1-6H,7H2,(H,15,16,17). The largest absolute Gasteiger partial charge is 0.454 e. The van der Waals surface area contributed by atoms with Gasteiger partial charge in [-0.1, -0.05) is 15.9 Å². The number of carbonyl (C=O) groups excluding carboxylic acids is 1. The lowest BCUT2D eigenvalue weighted by Crippen LogP contribution is -2.12. The van der Waals surface area contributed by atoms with Crippen molar-refractivity contribution in [1.29, 1.82) is 0 Å². The first-order valence-electron chi connectivity index (χ1n) is 5.55. The molecule has 96 valence electrons. The van der Waals surface area contributed by atoms with E-state index in [1.807, 2.05) is 0 Å². The van der Waals surface area contributed by atoms with Crippen molar-refractivity contribution in [3.63, 3.8) is 0 Å². The van der Waals surface area contributed by atoms with Crippen LogP contribution in [0.1, 0.15) is 10.4 Å². The molecule has 0 radical (unpaired) electrons. The number of nitrogens with zero attached hydrogens (tertiary/aromatic N) is 1. The predicted molar refractivity (Wildman–Crippen MR) is 72.5 cm³/mol. The van der Waals surface area contributed by atoms with E-state index in [1.54, 1.807) is 36.5 Å². The Labute approximate surface area is 117 Å². The van der Waals surface area contributed by atoms with Crippen LogP contribution < -0.4 is 14.8 Å². The van der Waals surface area contributed by atoms with Gasteiger partial charge in [-0.05, 0) is 30.3 Å². The smallest absolute Gasteiger partial charge is 0.256 e. The first-order chi connectivity index (χ1) is 9.22. The molecule has 1 aromatic carbocycles. The van der Waals surface area contributed by atoms with E-state index in [0.717, 1.165) is 4.47 Å². The summed E-state index contributed by atoms with van der Waals surface area (Å²) in [6, 6.07) is 8.56. The highest BCUT2D eigenvalue weighted by atomic mass is 79.9. The molecule has 1 amide bonds. The summed E-state index contributed by atoms with van der Waals surface area (Å²) in [6.07, 6.45) is 1.61. The number of hydrogen-bond acceptors (Lipinski definition) is 4. The second-order valence-corrected chi connectivity index (χ2v) is 4.80. The molecule has 1 aliphatic heterocycles. The maximum Gasteiger partial charge on any atom is 0.256 e. The van der Waals surface area contributed by atoms with Gasteiger partial charge in [0.15, 0.2) is 11.5 Å². The van der Waals surface area contributed by atoms with Gasteiger partial charge in [-0.3, -0.25) is 4.79 Å². The van der Waals surface area contributed by atoms with Gasteiger partial charge in [0.05, 0.1) is 0 Å². The number of aromatic nitrogens is 1. The number of fused-ring (bicyclic) bond motifs is 1. The van der Waals surface area contributed by atoms with Gasteiger partial charge >= 0.3 is 0 Å². The molecule has 1 aromatic heterocycles. The lowest BCUT2D eigenvalue weighted by Gasteiger charge is -2.05. The normalized spacial score (nSPS) is 12.3. The van der Waals surface area contributed by atoms with Crippen molar-refractivity contribution in [2.75, 3.05) is 12.1 Å². The van der Waals surface area contributed by atoms with E-state index in [0.29, 0.717) is 22.9 Å². The minimum absolute atomic E-state index is 0.188. The van der Waals surface area contributed by atoms with Gasteiger partial charge in [0.25, 0.3) is 5.91 Å². The average Bonchev–Trinajstić information content (AvgIpc) is 2.85. The van der Waals surface area contributed by atoms with Crippen LogP contribution in [0, 0.1) is 0 Å². The van der Waals surface area contributed by atoms with E-state index in [4.69, 9.17) is 9.47 Å². The topological polar surface area (TPSA) is 60.5 Å². The molecule has 0 bridgehead atoms. The van der Waals surface area contributed by atoms with Crippen molar-refractivity contribution in [1.82, 2.24) is 4.98 Å². The fourth-order valence-electron chi connectivity index (χ4n) is 1.70. The van der Waals surface area contributed by atoms with Gasteiger partial charge in [-0.15, -0.1) is 0 Å². The number of hydrogen-bond donors (Lipinski definition) is 1. The average molecular weight is 321 g/mol. The van der Waals surface area contributed by atoms with Crippen LogP contribution in [0.3, 0.4) is 0 Å². The van der Waals surface area contributed by atoms with Crippen LogP contribution in [0.5, 0.6) is 11.5 Å². The maximum atomic E-state index is 12.1. The van der Waals surface area contributed by atoms with Crippen molar-refractivity contribution in [3.8, 4) is 11.5 Å². The van der Waals surface area contributed by atoms with Crippen LogP contribution in [0.25, 0.3) is 0 Å². The van der Waals surface area contributed by atoms with Gasteiger partial charge in [-0.25, -0.2) is 4.98 Å². The van der Waals surface area contributed by atoms with Crippen molar-refractivity contribution >= 4 is 27.7 Å². The van der Waals surface area contributed by atoms with E-state index in [9.17, 15) is 4.79 Å². The Balaban J connectivity index is 1.81. The third-order valence-electron chi connectivity index (χ3n) is 2.60. The highest BCUT2D eigenvalue weighted by Crippen LogP contribution is 2.32. The van der Waals surface area contributed by atoms with Crippen LogP contribution in [0.4, 0.5) is 5.82 Å². The van der Waals surface area contributed by atoms with Crippen molar-refractivity contribution < 1.29 is 14.3 Å². The minimum atomic E-state index is -0.246. The van der Waals surface area contributed by atoms with Gasteiger partial charge in [0.2, 0.25) is 6.79 Å². The summed E-state index contributed by atoms with van der Waals surface area (Å²) in [4.78, 5) is 16.1. The van der Waals surface area contributed by atoms with Crippen LogP contribution in [0.15, 0.2) is 41.0 Å². The Morgan fingerprint density at radius 1 is 1.21 bits per heavy atom. The Kier molecular flexibility index (Phi) is 3.08. The SMILES string of the molecule is O=C(Nc1cc(Br)ccn1)c1ccc2c(c1)OCO2. The Morgan fingerprint density at radius 2 is 2.05 bits per heavy atom. The fraction of sp³-hybridized carbons (Fsp3) is 0.0769. The van der Waals surface area contributed by atoms with E-state index in [1.165, 1.54) is 0 Å². The highest BCUT2D eigenvalue weighted by molar-refractivity contribution is 9.10. The first kappa shape index (κ1) is 12.0. The second kappa shape index (κ2) is 4.89. The van der Waals surface area contributed by atoms with E-state index < -0.39 is 0 Å². The molecule has 5 nitrogen and oxygen atoms in total. The molecule has 0 atom stereocenters. The molecule has 1 N–H and O–H groups in total. The molecule has 2 aromatic rings. The van der Waals surface area contributed by atoms with Crippen LogP contribution in [-0.4, -0.2) is 17.7 Å². The molecule has 1 aliphatic rings. The number of benzene rings is 1. The second-order valence-electron chi connectivity index (χ2n) is 3.88. The minimum Gasteiger partial charge on any atom is -0.454 e. The number of pyridine rings is 1. The van der Waals surface area contributed by atoms with Crippen LogP contribution in [0.2, 0.25) is 0 Å². The summed E-state index contributed by atoms with van der Waals surface area (Å²) in [5.74, 6) is 1.47. The summed E-state index contributed by atoms with van der Waals surface area (Å²) in [5, 5.41) is 2.71. The van der Waals surface area contributed by atoms with E-state index in [2.05, 4.69) is 26.2 Å². The molecular weight excluding hydrogens is 312 g/mol. The molecule has 0 saturated carbocycles. The summed E-state index contributed by atoms with van der Waals surface area (Å²) in [6.45, 7) is 0.188. The van der Waals surface area contributed by atoms with E-state index >= 15 is 0 Å². The Bertz CT molecular complexity index is 646. The molecular formula is C13H9BrN2O3. The number of carbonyl (C=O) groups is 1. The number of anilines is 1. The lowest BCUT2D eigenvalue weighted by atomic mass is 10.2. The molecule has 3 rings (SSSR count). The maximum absolute atomic E-state index is 12.1.